The average Bonchev–Trinajstić information content (AvgIpc) is 2.76. The summed E-state index contributed by atoms with van der Waals surface area (Å²) in [5, 5.41) is 1.05. The number of methoxy groups -OCH3 is 1. The molecule has 0 amide bonds. The number of ether oxygens (including phenoxy) is 2. The Balaban J connectivity index is 1.88. The molecule has 3 aromatic carbocycles. The SMILES string of the molecule is COc1ccc(-c2oc3ccc(Cl)cc3c(=O)c2OC(=O)c2ccc(Cl)cc2)cc1. The first-order valence-corrected chi connectivity index (χ1v) is 9.60. The van der Waals surface area contributed by atoms with E-state index in [1.54, 1.807) is 55.6 Å². The Labute approximate surface area is 181 Å². The minimum atomic E-state index is -0.713. The van der Waals surface area contributed by atoms with E-state index in [-0.39, 0.29) is 22.5 Å². The Hall–Kier alpha value is -3.28. The molecule has 0 spiro atoms. The molecule has 1 aromatic heterocycles. The third-order valence-corrected chi connectivity index (χ3v) is 4.92. The number of benzene rings is 3. The second kappa shape index (κ2) is 8.22. The molecule has 1 heterocycles. The molecule has 150 valence electrons. The van der Waals surface area contributed by atoms with Gasteiger partial charge in [-0.2, -0.15) is 0 Å². The van der Waals surface area contributed by atoms with Crippen LogP contribution in [-0.2, 0) is 0 Å². The zero-order valence-corrected chi connectivity index (χ0v) is 17.2. The van der Waals surface area contributed by atoms with Gasteiger partial charge < -0.3 is 13.9 Å². The second-order valence-electron chi connectivity index (χ2n) is 6.35. The topological polar surface area (TPSA) is 65.7 Å². The Morgan fingerprint density at radius 3 is 2.23 bits per heavy atom. The van der Waals surface area contributed by atoms with E-state index in [9.17, 15) is 9.59 Å². The first-order chi connectivity index (χ1) is 14.5. The number of halogens is 2. The lowest BCUT2D eigenvalue weighted by Crippen LogP contribution is -2.16. The average molecular weight is 441 g/mol. The summed E-state index contributed by atoms with van der Waals surface area (Å²) in [6.45, 7) is 0. The molecule has 30 heavy (non-hydrogen) atoms. The van der Waals surface area contributed by atoms with Crippen molar-refractivity contribution in [3.05, 3.63) is 92.6 Å². The van der Waals surface area contributed by atoms with Crippen molar-refractivity contribution in [2.75, 3.05) is 7.11 Å². The van der Waals surface area contributed by atoms with Crippen LogP contribution < -0.4 is 14.9 Å². The highest BCUT2D eigenvalue weighted by atomic mass is 35.5. The minimum absolute atomic E-state index is 0.125. The largest absolute Gasteiger partial charge is 0.497 e. The van der Waals surface area contributed by atoms with Crippen molar-refractivity contribution in [3.8, 4) is 22.8 Å². The molecule has 0 N–H and O–H groups in total. The standard InChI is InChI=1S/C23H14Cl2O5/c1-28-17-9-4-13(5-10-17)21-22(30-23(27)14-2-6-15(24)7-3-14)20(26)18-12-16(25)8-11-19(18)29-21/h2-12H,1H3. The molecule has 0 radical (unpaired) electrons. The number of carbonyl (C=O) groups excluding carboxylic acids is 1. The number of carbonyl (C=O) groups is 1. The Kier molecular flexibility index (Phi) is 5.48. The Morgan fingerprint density at radius 1 is 0.900 bits per heavy atom. The summed E-state index contributed by atoms with van der Waals surface area (Å²) in [5.74, 6) is -0.182. The van der Waals surface area contributed by atoms with Crippen LogP contribution in [0, 0.1) is 0 Å². The second-order valence-corrected chi connectivity index (χ2v) is 7.23. The van der Waals surface area contributed by atoms with Gasteiger partial charge in [0.15, 0.2) is 5.76 Å². The van der Waals surface area contributed by atoms with Gasteiger partial charge in [0.1, 0.15) is 11.3 Å². The van der Waals surface area contributed by atoms with Crippen molar-refractivity contribution in [2.45, 2.75) is 0 Å². The fraction of sp³-hybridized carbons (Fsp3) is 0.0435. The molecule has 4 aromatic rings. The van der Waals surface area contributed by atoms with Crippen LogP contribution in [0.15, 0.2) is 75.9 Å². The van der Waals surface area contributed by atoms with E-state index in [0.717, 1.165) is 0 Å². The first kappa shape index (κ1) is 20.0. The van der Waals surface area contributed by atoms with Gasteiger partial charge in [0.05, 0.1) is 18.1 Å². The van der Waals surface area contributed by atoms with Gasteiger partial charge in [0, 0.05) is 15.6 Å². The van der Waals surface area contributed by atoms with E-state index in [4.69, 9.17) is 37.1 Å². The molecule has 0 aliphatic rings. The van der Waals surface area contributed by atoms with Gasteiger partial charge in [-0.1, -0.05) is 23.2 Å². The molecule has 0 atom stereocenters. The van der Waals surface area contributed by atoms with Crippen LogP contribution in [0.1, 0.15) is 10.4 Å². The van der Waals surface area contributed by atoms with Crippen molar-refractivity contribution in [2.24, 2.45) is 0 Å². The predicted octanol–water partition coefficient (Wildman–Crippen LogP) is 5.99. The van der Waals surface area contributed by atoms with Crippen molar-refractivity contribution < 1.29 is 18.7 Å². The van der Waals surface area contributed by atoms with Crippen molar-refractivity contribution >= 4 is 40.1 Å². The molecule has 7 heteroatoms. The quantitative estimate of drug-likeness (QED) is 0.364. The Bertz CT molecular complexity index is 1290. The van der Waals surface area contributed by atoms with E-state index in [2.05, 4.69) is 0 Å². The summed E-state index contributed by atoms with van der Waals surface area (Å²) >= 11 is 11.9. The fourth-order valence-corrected chi connectivity index (χ4v) is 3.21. The molecule has 0 bridgehead atoms. The van der Waals surface area contributed by atoms with Crippen LogP contribution in [0.4, 0.5) is 0 Å². The van der Waals surface area contributed by atoms with Crippen LogP contribution in [0.3, 0.4) is 0 Å². The van der Waals surface area contributed by atoms with Gasteiger partial charge in [-0.3, -0.25) is 4.79 Å². The lowest BCUT2D eigenvalue weighted by Gasteiger charge is -2.11. The van der Waals surface area contributed by atoms with Gasteiger partial charge in [-0.15, -0.1) is 0 Å². The van der Waals surface area contributed by atoms with Crippen molar-refractivity contribution in [1.29, 1.82) is 0 Å². The lowest BCUT2D eigenvalue weighted by molar-refractivity contribution is 0.0731. The Morgan fingerprint density at radius 2 is 1.57 bits per heavy atom. The number of esters is 1. The summed E-state index contributed by atoms with van der Waals surface area (Å²) in [4.78, 5) is 25.8. The molecule has 0 saturated heterocycles. The monoisotopic (exact) mass is 440 g/mol. The van der Waals surface area contributed by atoms with Gasteiger partial charge in [-0.25, -0.2) is 4.79 Å². The van der Waals surface area contributed by atoms with Gasteiger partial charge in [0.2, 0.25) is 11.2 Å². The number of hydrogen-bond acceptors (Lipinski definition) is 5. The molecule has 0 aliphatic heterocycles. The van der Waals surface area contributed by atoms with E-state index >= 15 is 0 Å². The summed E-state index contributed by atoms with van der Waals surface area (Å²) in [5.41, 5.74) is 0.600. The van der Waals surface area contributed by atoms with Crippen molar-refractivity contribution in [3.63, 3.8) is 0 Å². The van der Waals surface area contributed by atoms with Gasteiger partial charge in [0.25, 0.3) is 0 Å². The third kappa shape index (κ3) is 3.90. The zero-order valence-electron chi connectivity index (χ0n) is 15.6. The number of rotatable bonds is 4. The summed E-state index contributed by atoms with van der Waals surface area (Å²) in [6, 6.07) is 17.7. The summed E-state index contributed by atoms with van der Waals surface area (Å²) < 4.78 is 16.6. The van der Waals surface area contributed by atoms with Crippen LogP contribution >= 0.6 is 23.2 Å². The first-order valence-electron chi connectivity index (χ1n) is 8.85. The summed E-state index contributed by atoms with van der Waals surface area (Å²) in [7, 11) is 1.55. The predicted molar refractivity (Wildman–Crippen MR) is 116 cm³/mol. The highest BCUT2D eigenvalue weighted by Crippen LogP contribution is 2.33. The maximum Gasteiger partial charge on any atom is 0.343 e. The molecule has 0 aliphatic carbocycles. The molecule has 4 rings (SSSR count). The van der Waals surface area contributed by atoms with Crippen LogP contribution in [0.5, 0.6) is 11.5 Å². The van der Waals surface area contributed by atoms with Crippen LogP contribution in [-0.4, -0.2) is 13.1 Å². The van der Waals surface area contributed by atoms with Gasteiger partial charge in [-0.05, 0) is 66.7 Å². The van der Waals surface area contributed by atoms with Gasteiger partial charge >= 0.3 is 5.97 Å². The fourth-order valence-electron chi connectivity index (χ4n) is 2.91. The molecular formula is C23H14Cl2O5. The minimum Gasteiger partial charge on any atom is -0.497 e. The molecule has 0 fully saturated rings. The summed E-state index contributed by atoms with van der Waals surface area (Å²) in [6.07, 6.45) is 0. The normalized spacial score (nSPS) is 10.8. The molecular weight excluding hydrogens is 427 g/mol. The highest BCUT2D eigenvalue weighted by molar-refractivity contribution is 6.31. The highest BCUT2D eigenvalue weighted by Gasteiger charge is 2.21. The lowest BCUT2D eigenvalue weighted by atomic mass is 10.1. The molecule has 0 saturated carbocycles. The zero-order chi connectivity index (χ0) is 21.3. The van der Waals surface area contributed by atoms with E-state index < -0.39 is 11.4 Å². The molecule has 0 unspecified atom stereocenters. The maximum atomic E-state index is 13.2. The van der Waals surface area contributed by atoms with E-state index in [0.29, 0.717) is 26.9 Å². The maximum absolute atomic E-state index is 13.2. The van der Waals surface area contributed by atoms with E-state index in [1.165, 1.54) is 18.2 Å². The van der Waals surface area contributed by atoms with Crippen LogP contribution in [0.25, 0.3) is 22.3 Å². The van der Waals surface area contributed by atoms with E-state index in [1.807, 2.05) is 0 Å². The third-order valence-electron chi connectivity index (χ3n) is 4.44. The van der Waals surface area contributed by atoms with Crippen LogP contribution in [0.2, 0.25) is 10.0 Å². The smallest absolute Gasteiger partial charge is 0.343 e. The van der Waals surface area contributed by atoms with Crippen molar-refractivity contribution in [1.82, 2.24) is 0 Å². The molecule has 5 nitrogen and oxygen atoms in total. The number of hydrogen-bond donors (Lipinski definition) is 0. The number of fused-ring (bicyclic) bond motifs is 1.